The first-order valence-electron chi connectivity index (χ1n) is 9.16. The highest BCUT2D eigenvalue weighted by atomic mass is 16.5. The molecular weight excluding hydrogens is 348 g/mol. The van der Waals surface area contributed by atoms with Crippen LogP contribution in [0, 0.1) is 6.92 Å². The summed E-state index contributed by atoms with van der Waals surface area (Å²) in [4.78, 5) is 32.1. The first-order chi connectivity index (χ1) is 13.2. The third-order valence-corrected chi connectivity index (χ3v) is 4.73. The second-order valence-corrected chi connectivity index (χ2v) is 6.61. The van der Waals surface area contributed by atoms with Crippen LogP contribution >= 0.6 is 0 Å². The number of anilines is 1. The Morgan fingerprint density at radius 1 is 1.30 bits per heavy atom. The molecule has 10 heteroatoms. The van der Waals surface area contributed by atoms with Gasteiger partial charge in [-0.3, -0.25) is 4.79 Å². The first-order valence-corrected chi connectivity index (χ1v) is 9.16. The van der Waals surface area contributed by atoms with Crippen LogP contribution < -0.4 is 5.32 Å². The molecule has 0 radical (unpaired) electrons. The first kappa shape index (κ1) is 17.4. The summed E-state index contributed by atoms with van der Waals surface area (Å²) in [7, 11) is 0. The van der Waals surface area contributed by atoms with E-state index in [1.165, 1.54) is 6.33 Å². The smallest absolute Gasteiger partial charge is 0.246 e. The van der Waals surface area contributed by atoms with Crippen molar-refractivity contribution < 1.29 is 9.32 Å². The number of carbonyl (C=O) groups is 1. The number of carbonyl (C=O) groups excluding carboxylic acids is 1. The number of imidazole rings is 1. The van der Waals surface area contributed by atoms with Crippen LogP contribution in [-0.2, 0) is 17.9 Å². The fourth-order valence-corrected chi connectivity index (χ4v) is 3.35. The Labute approximate surface area is 156 Å². The zero-order valence-electron chi connectivity index (χ0n) is 15.4. The maximum absolute atomic E-state index is 13.1. The van der Waals surface area contributed by atoms with E-state index in [-0.39, 0.29) is 11.9 Å². The van der Waals surface area contributed by atoms with Gasteiger partial charge in [0.25, 0.3) is 0 Å². The Balaban J connectivity index is 1.55. The summed E-state index contributed by atoms with van der Waals surface area (Å²) >= 11 is 0. The lowest BCUT2D eigenvalue weighted by Crippen LogP contribution is -2.41. The van der Waals surface area contributed by atoms with Gasteiger partial charge in [0.2, 0.25) is 11.8 Å². The molecule has 4 rings (SSSR count). The van der Waals surface area contributed by atoms with Gasteiger partial charge in [0.1, 0.15) is 24.4 Å². The number of aryl methyl sites for hydroxylation is 2. The van der Waals surface area contributed by atoms with E-state index in [1.807, 2.05) is 11.5 Å². The van der Waals surface area contributed by atoms with Crippen molar-refractivity contribution in [2.24, 2.45) is 0 Å². The number of rotatable bonds is 5. The van der Waals surface area contributed by atoms with Gasteiger partial charge in [-0.1, -0.05) is 5.16 Å². The van der Waals surface area contributed by atoms with E-state index in [0.29, 0.717) is 36.1 Å². The number of nitrogens with one attached hydrogen (secondary N) is 1. The van der Waals surface area contributed by atoms with E-state index in [1.54, 1.807) is 18.2 Å². The molecule has 0 aromatic carbocycles. The van der Waals surface area contributed by atoms with Gasteiger partial charge in [-0.15, -0.1) is 0 Å². The van der Waals surface area contributed by atoms with Crippen molar-refractivity contribution in [3.63, 3.8) is 0 Å². The second kappa shape index (κ2) is 7.29. The number of aromatic nitrogens is 6. The van der Waals surface area contributed by atoms with Gasteiger partial charge < -0.3 is 19.3 Å². The standard InChI is InChI=1S/C17H22N8O2/c1-3-24-10-20-14-15(18-9-19-16(14)24)22-12-6-4-5-7-25(17(12)26)8-13-21-11(2)23-27-13/h9-10,12H,3-8H2,1-2H3,(H,18,19,22). The van der Waals surface area contributed by atoms with Crippen LogP contribution in [0.25, 0.3) is 11.2 Å². The van der Waals surface area contributed by atoms with E-state index >= 15 is 0 Å². The van der Waals surface area contributed by atoms with Gasteiger partial charge >= 0.3 is 0 Å². The fourth-order valence-electron chi connectivity index (χ4n) is 3.35. The average Bonchev–Trinajstić information content (AvgIpc) is 3.24. The van der Waals surface area contributed by atoms with Gasteiger partial charge in [-0.05, 0) is 33.1 Å². The molecule has 4 heterocycles. The summed E-state index contributed by atoms with van der Waals surface area (Å²) in [6.45, 7) is 5.55. The Kier molecular flexibility index (Phi) is 4.69. The highest BCUT2D eigenvalue weighted by Gasteiger charge is 2.29. The van der Waals surface area contributed by atoms with Crippen LogP contribution in [0.3, 0.4) is 0 Å². The quantitative estimate of drug-likeness (QED) is 0.719. The van der Waals surface area contributed by atoms with Gasteiger partial charge in [-0.2, -0.15) is 4.98 Å². The third kappa shape index (κ3) is 3.46. The van der Waals surface area contributed by atoms with Crippen LogP contribution in [0.2, 0.25) is 0 Å². The van der Waals surface area contributed by atoms with Crippen molar-refractivity contribution in [1.29, 1.82) is 0 Å². The molecule has 142 valence electrons. The molecule has 3 aromatic heterocycles. The maximum atomic E-state index is 13.1. The lowest BCUT2D eigenvalue weighted by atomic mass is 10.1. The normalized spacial score (nSPS) is 18.1. The zero-order valence-corrected chi connectivity index (χ0v) is 15.4. The Bertz CT molecular complexity index is 949. The number of likely N-dealkylation sites (tertiary alicyclic amines) is 1. The van der Waals surface area contributed by atoms with Crippen molar-refractivity contribution in [3.05, 3.63) is 24.4 Å². The van der Waals surface area contributed by atoms with Crippen LogP contribution in [0.5, 0.6) is 0 Å². The molecule has 1 atom stereocenters. The Morgan fingerprint density at radius 3 is 2.96 bits per heavy atom. The van der Waals surface area contributed by atoms with Crippen molar-refractivity contribution in [3.8, 4) is 0 Å². The number of hydrogen-bond acceptors (Lipinski definition) is 8. The highest BCUT2D eigenvalue weighted by molar-refractivity contribution is 5.89. The predicted octanol–water partition coefficient (Wildman–Crippen LogP) is 1.53. The highest BCUT2D eigenvalue weighted by Crippen LogP contribution is 2.22. The third-order valence-electron chi connectivity index (χ3n) is 4.73. The largest absolute Gasteiger partial charge is 0.356 e. The lowest BCUT2D eigenvalue weighted by Gasteiger charge is -2.23. The Hall–Kier alpha value is -3.04. The summed E-state index contributed by atoms with van der Waals surface area (Å²) in [6, 6.07) is -0.374. The van der Waals surface area contributed by atoms with E-state index in [2.05, 4.69) is 30.4 Å². The molecule has 0 saturated carbocycles. The topological polar surface area (TPSA) is 115 Å². The number of hydrogen-bond donors (Lipinski definition) is 1. The van der Waals surface area contributed by atoms with Crippen molar-refractivity contribution in [1.82, 2.24) is 34.6 Å². The van der Waals surface area contributed by atoms with E-state index < -0.39 is 0 Å². The minimum absolute atomic E-state index is 0.00467. The van der Waals surface area contributed by atoms with Crippen molar-refractivity contribution in [2.45, 2.75) is 52.2 Å². The summed E-state index contributed by atoms with van der Waals surface area (Å²) in [6.07, 6.45) is 5.85. The van der Waals surface area contributed by atoms with Gasteiger partial charge in [-0.25, -0.2) is 15.0 Å². The lowest BCUT2D eigenvalue weighted by molar-refractivity contribution is -0.132. The summed E-state index contributed by atoms with van der Waals surface area (Å²) < 4.78 is 7.12. The van der Waals surface area contributed by atoms with Gasteiger partial charge in [0.15, 0.2) is 17.3 Å². The molecule has 1 unspecified atom stereocenters. The van der Waals surface area contributed by atoms with E-state index in [9.17, 15) is 4.79 Å². The fraction of sp³-hybridized carbons (Fsp3) is 0.529. The number of fused-ring (bicyclic) bond motifs is 1. The van der Waals surface area contributed by atoms with Crippen molar-refractivity contribution >= 4 is 22.9 Å². The summed E-state index contributed by atoms with van der Waals surface area (Å²) in [5.74, 6) is 1.61. The molecular formula is C17H22N8O2. The molecule has 1 aliphatic rings. The number of amides is 1. The van der Waals surface area contributed by atoms with E-state index in [0.717, 1.165) is 31.5 Å². The molecule has 1 amide bonds. The number of nitrogens with zero attached hydrogens (tertiary/aromatic N) is 7. The summed E-state index contributed by atoms with van der Waals surface area (Å²) in [5.41, 5.74) is 1.43. The molecule has 10 nitrogen and oxygen atoms in total. The minimum Gasteiger partial charge on any atom is -0.356 e. The zero-order chi connectivity index (χ0) is 18.8. The predicted molar refractivity (Wildman–Crippen MR) is 96.7 cm³/mol. The van der Waals surface area contributed by atoms with Crippen LogP contribution in [0.1, 0.15) is 37.9 Å². The summed E-state index contributed by atoms with van der Waals surface area (Å²) in [5, 5.41) is 7.08. The second-order valence-electron chi connectivity index (χ2n) is 6.61. The molecule has 1 aliphatic heterocycles. The SMILES string of the molecule is CCn1cnc2c(NC3CCCCN(Cc4nc(C)no4)C3=O)ncnc21. The maximum Gasteiger partial charge on any atom is 0.246 e. The van der Waals surface area contributed by atoms with Crippen LogP contribution in [0.15, 0.2) is 17.2 Å². The average molecular weight is 370 g/mol. The van der Waals surface area contributed by atoms with Crippen LogP contribution in [-0.4, -0.2) is 53.1 Å². The van der Waals surface area contributed by atoms with E-state index in [4.69, 9.17) is 4.52 Å². The van der Waals surface area contributed by atoms with Gasteiger partial charge in [0, 0.05) is 13.1 Å². The van der Waals surface area contributed by atoms with Crippen LogP contribution in [0.4, 0.5) is 5.82 Å². The molecule has 1 saturated heterocycles. The molecule has 0 aliphatic carbocycles. The molecule has 0 bridgehead atoms. The molecule has 1 fully saturated rings. The minimum atomic E-state index is -0.374. The monoisotopic (exact) mass is 370 g/mol. The molecule has 27 heavy (non-hydrogen) atoms. The molecule has 3 aromatic rings. The molecule has 1 N–H and O–H groups in total. The van der Waals surface area contributed by atoms with Crippen molar-refractivity contribution in [2.75, 3.05) is 11.9 Å². The van der Waals surface area contributed by atoms with Gasteiger partial charge in [0.05, 0.1) is 6.33 Å². The Morgan fingerprint density at radius 2 is 2.19 bits per heavy atom. The molecule has 0 spiro atoms.